The first-order chi connectivity index (χ1) is 9.52. The molecule has 0 radical (unpaired) electrons. The fourth-order valence-corrected chi connectivity index (χ4v) is 2.30. The van der Waals surface area contributed by atoms with Crippen LogP contribution in [-0.2, 0) is 0 Å². The van der Waals surface area contributed by atoms with Crippen LogP contribution in [0.4, 0.5) is 5.69 Å². The Bertz CT molecular complexity index is 722. The number of hydrogen-bond donors (Lipinski definition) is 1. The molecule has 1 amide bonds. The number of nitriles is 1. The van der Waals surface area contributed by atoms with Gasteiger partial charge in [0.2, 0.25) is 0 Å². The summed E-state index contributed by atoms with van der Waals surface area (Å²) >= 11 is 9.44. The fourth-order valence-electron chi connectivity index (χ4n) is 1.73. The summed E-state index contributed by atoms with van der Waals surface area (Å²) < 4.78 is 0.780. The predicted octanol–water partition coefficient (Wildman–Crippen LogP) is 4.53. The Morgan fingerprint density at radius 1 is 1.35 bits per heavy atom. The van der Waals surface area contributed by atoms with E-state index in [1.54, 1.807) is 30.3 Å². The summed E-state index contributed by atoms with van der Waals surface area (Å²) in [6, 6.07) is 12.3. The average Bonchev–Trinajstić information content (AvgIpc) is 2.42. The molecule has 0 saturated carbocycles. The maximum absolute atomic E-state index is 12.2. The molecule has 0 unspecified atom stereocenters. The summed E-state index contributed by atoms with van der Waals surface area (Å²) in [6.45, 7) is 1.83. The van der Waals surface area contributed by atoms with Crippen molar-refractivity contribution in [3.8, 4) is 6.07 Å². The zero-order valence-electron chi connectivity index (χ0n) is 10.6. The third-order valence-electron chi connectivity index (χ3n) is 2.79. The van der Waals surface area contributed by atoms with Gasteiger partial charge in [0.25, 0.3) is 5.91 Å². The van der Waals surface area contributed by atoms with Crippen molar-refractivity contribution in [3.05, 3.63) is 62.6 Å². The van der Waals surface area contributed by atoms with Crippen LogP contribution in [-0.4, -0.2) is 5.91 Å². The summed E-state index contributed by atoms with van der Waals surface area (Å²) in [5.74, 6) is -0.340. The van der Waals surface area contributed by atoms with Crippen LogP contribution in [0.1, 0.15) is 21.5 Å². The van der Waals surface area contributed by atoms with Crippen molar-refractivity contribution in [2.24, 2.45) is 0 Å². The molecule has 0 aliphatic heterocycles. The number of benzene rings is 2. The Morgan fingerprint density at radius 2 is 2.10 bits per heavy atom. The zero-order valence-corrected chi connectivity index (χ0v) is 12.9. The van der Waals surface area contributed by atoms with Crippen molar-refractivity contribution in [2.45, 2.75) is 6.92 Å². The Morgan fingerprint density at radius 3 is 2.80 bits per heavy atom. The molecule has 2 aromatic carbocycles. The summed E-state index contributed by atoms with van der Waals surface area (Å²) in [7, 11) is 0. The monoisotopic (exact) mass is 348 g/mol. The summed E-state index contributed by atoms with van der Waals surface area (Å²) in [5.41, 5.74) is 2.05. The SMILES string of the molecule is Cc1cccc(C(=O)Nc2cc(Br)ccc2C#N)c1Cl. The number of aryl methyl sites for hydroxylation is 1. The Labute approximate surface area is 130 Å². The van der Waals surface area contributed by atoms with Gasteiger partial charge in [0, 0.05) is 4.47 Å². The number of anilines is 1. The molecular weight excluding hydrogens is 340 g/mol. The Kier molecular flexibility index (Phi) is 4.43. The van der Waals surface area contributed by atoms with Crippen molar-refractivity contribution in [3.63, 3.8) is 0 Å². The van der Waals surface area contributed by atoms with E-state index in [9.17, 15) is 4.79 Å². The van der Waals surface area contributed by atoms with E-state index >= 15 is 0 Å². The van der Waals surface area contributed by atoms with E-state index in [1.807, 2.05) is 19.1 Å². The molecule has 0 spiro atoms. The van der Waals surface area contributed by atoms with Gasteiger partial charge in [0.05, 0.1) is 21.8 Å². The molecule has 0 fully saturated rings. The van der Waals surface area contributed by atoms with Crippen LogP contribution in [0.15, 0.2) is 40.9 Å². The second-order valence-electron chi connectivity index (χ2n) is 4.19. The second kappa shape index (κ2) is 6.08. The van der Waals surface area contributed by atoms with Gasteiger partial charge in [0.15, 0.2) is 0 Å². The Hall–Kier alpha value is -1.83. The molecule has 0 saturated heterocycles. The molecule has 0 atom stereocenters. The highest BCUT2D eigenvalue weighted by Gasteiger charge is 2.13. The highest BCUT2D eigenvalue weighted by molar-refractivity contribution is 9.10. The average molecular weight is 350 g/mol. The van der Waals surface area contributed by atoms with Crippen LogP contribution in [0.25, 0.3) is 0 Å². The lowest BCUT2D eigenvalue weighted by Crippen LogP contribution is -2.13. The highest BCUT2D eigenvalue weighted by atomic mass is 79.9. The van der Waals surface area contributed by atoms with Crippen molar-refractivity contribution in [2.75, 3.05) is 5.32 Å². The minimum Gasteiger partial charge on any atom is -0.321 e. The predicted molar refractivity (Wildman–Crippen MR) is 83.0 cm³/mol. The number of nitrogens with zero attached hydrogens (tertiary/aromatic N) is 1. The van der Waals surface area contributed by atoms with Crippen molar-refractivity contribution in [1.29, 1.82) is 5.26 Å². The summed E-state index contributed by atoms with van der Waals surface area (Å²) in [4.78, 5) is 12.2. The summed E-state index contributed by atoms with van der Waals surface area (Å²) in [6.07, 6.45) is 0. The molecular formula is C15H10BrClN2O. The van der Waals surface area contributed by atoms with Crippen LogP contribution in [0, 0.1) is 18.3 Å². The number of halogens is 2. The smallest absolute Gasteiger partial charge is 0.257 e. The van der Waals surface area contributed by atoms with Crippen molar-refractivity contribution >= 4 is 39.1 Å². The standard InChI is InChI=1S/C15H10BrClN2O/c1-9-3-2-4-12(14(9)17)15(20)19-13-7-11(16)6-5-10(13)8-18/h2-7H,1H3,(H,19,20). The lowest BCUT2D eigenvalue weighted by atomic mass is 10.1. The van der Waals surface area contributed by atoms with Gasteiger partial charge in [-0.1, -0.05) is 39.7 Å². The van der Waals surface area contributed by atoms with Gasteiger partial charge in [-0.15, -0.1) is 0 Å². The second-order valence-corrected chi connectivity index (χ2v) is 5.49. The largest absolute Gasteiger partial charge is 0.321 e. The van der Waals surface area contributed by atoms with Crippen LogP contribution < -0.4 is 5.32 Å². The van der Waals surface area contributed by atoms with E-state index in [2.05, 4.69) is 21.2 Å². The van der Waals surface area contributed by atoms with E-state index in [4.69, 9.17) is 16.9 Å². The van der Waals surface area contributed by atoms with Crippen LogP contribution in [0.5, 0.6) is 0 Å². The number of rotatable bonds is 2. The summed E-state index contributed by atoms with van der Waals surface area (Å²) in [5, 5.41) is 12.2. The Balaban J connectivity index is 2.35. The first-order valence-electron chi connectivity index (χ1n) is 5.79. The zero-order chi connectivity index (χ0) is 14.7. The van der Waals surface area contributed by atoms with Gasteiger partial charge < -0.3 is 5.32 Å². The first kappa shape index (κ1) is 14.6. The molecule has 3 nitrogen and oxygen atoms in total. The molecule has 0 heterocycles. The van der Waals surface area contributed by atoms with E-state index < -0.39 is 0 Å². The molecule has 20 heavy (non-hydrogen) atoms. The maximum atomic E-state index is 12.2. The normalized spacial score (nSPS) is 9.90. The minimum absolute atomic E-state index is 0.340. The van der Waals surface area contributed by atoms with E-state index in [1.165, 1.54) is 0 Å². The van der Waals surface area contributed by atoms with E-state index in [0.717, 1.165) is 10.0 Å². The maximum Gasteiger partial charge on any atom is 0.257 e. The van der Waals surface area contributed by atoms with Gasteiger partial charge >= 0.3 is 0 Å². The van der Waals surface area contributed by atoms with Crippen molar-refractivity contribution < 1.29 is 4.79 Å². The van der Waals surface area contributed by atoms with Crippen LogP contribution >= 0.6 is 27.5 Å². The molecule has 0 bridgehead atoms. The quantitative estimate of drug-likeness (QED) is 0.865. The number of carbonyl (C=O) groups is 1. The molecule has 0 aromatic heterocycles. The van der Waals surface area contributed by atoms with Gasteiger partial charge in [-0.2, -0.15) is 5.26 Å². The molecule has 100 valence electrons. The lowest BCUT2D eigenvalue weighted by molar-refractivity contribution is 0.102. The lowest BCUT2D eigenvalue weighted by Gasteiger charge is -2.09. The van der Waals surface area contributed by atoms with Gasteiger partial charge in [-0.25, -0.2) is 0 Å². The fraction of sp³-hybridized carbons (Fsp3) is 0.0667. The highest BCUT2D eigenvalue weighted by Crippen LogP contribution is 2.24. The molecule has 1 N–H and O–H groups in total. The van der Waals surface area contributed by atoms with Gasteiger partial charge in [-0.3, -0.25) is 4.79 Å². The van der Waals surface area contributed by atoms with Crippen molar-refractivity contribution in [1.82, 2.24) is 0 Å². The van der Waals surface area contributed by atoms with Gasteiger partial charge in [-0.05, 0) is 36.8 Å². The number of carbonyl (C=O) groups excluding carboxylic acids is 1. The molecule has 2 aromatic rings. The number of nitrogens with one attached hydrogen (secondary N) is 1. The van der Waals surface area contributed by atoms with E-state index in [0.29, 0.717) is 21.8 Å². The molecule has 5 heteroatoms. The van der Waals surface area contributed by atoms with Gasteiger partial charge in [0.1, 0.15) is 6.07 Å². The minimum atomic E-state index is -0.340. The third-order valence-corrected chi connectivity index (χ3v) is 3.78. The topological polar surface area (TPSA) is 52.9 Å². The first-order valence-corrected chi connectivity index (χ1v) is 6.96. The number of hydrogen-bond acceptors (Lipinski definition) is 2. The van der Waals surface area contributed by atoms with Crippen LogP contribution in [0.3, 0.4) is 0 Å². The third kappa shape index (κ3) is 3.01. The van der Waals surface area contributed by atoms with E-state index in [-0.39, 0.29) is 5.91 Å². The number of amides is 1. The molecule has 0 aliphatic rings. The van der Waals surface area contributed by atoms with Crippen LogP contribution in [0.2, 0.25) is 5.02 Å². The molecule has 2 rings (SSSR count). The molecule has 0 aliphatic carbocycles.